The summed E-state index contributed by atoms with van der Waals surface area (Å²) in [7, 11) is 7.19. The van der Waals surface area contributed by atoms with Gasteiger partial charge in [0.05, 0.1) is 21.3 Å². The van der Waals surface area contributed by atoms with E-state index in [0.29, 0.717) is 23.6 Å². The van der Waals surface area contributed by atoms with E-state index in [4.69, 9.17) is 14.2 Å². The predicted octanol–water partition coefficient (Wildman–Crippen LogP) is 4.05. The molecule has 0 spiro atoms. The van der Waals surface area contributed by atoms with E-state index in [1.165, 1.54) is 17.2 Å². The van der Waals surface area contributed by atoms with Gasteiger partial charge in [-0.1, -0.05) is 12.1 Å². The van der Waals surface area contributed by atoms with E-state index in [1.807, 2.05) is 6.07 Å². The predicted molar refractivity (Wildman–Crippen MR) is 107 cm³/mol. The summed E-state index contributed by atoms with van der Waals surface area (Å²) in [5.74, 6) is 2.97. The van der Waals surface area contributed by atoms with Gasteiger partial charge in [-0.05, 0) is 61.6 Å². The Morgan fingerprint density at radius 3 is 2.54 bits per heavy atom. The number of halogens is 1. The highest BCUT2D eigenvalue weighted by Crippen LogP contribution is 2.52. The van der Waals surface area contributed by atoms with Gasteiger partial charge < -0.3 is 19.1 Å². The Hall–Kier alpha value is -2.27. The van der Waals surface area contributed by atoms with Crippen LogP contribution in [0.4, 0.5) is 4.39 Å². The van der Waals surface area contributed by atoms with Gasteiger partial charge in [-0.3, -0.25) is 0 Å². The minimum absolute atomic E-state index is 0.162. The SMILES string of the molecule is COc1cc2c(c(OC)c1OC)CCC1[C@@H](Cc3cccc(F)c3)N(C)C[C@@H]21. The standard InChI is InChI=1S/C23H28FNO3/c1-25-13-19-16(20(25)11-14-6-5-7-15(24)10-14)8-9-17-18(19)12-21(26-2)23(28-4)22(17)27-3/h5-7,10,12,16,19-20H,8-9,11,13H2,1-4H3/t16?,19-,20-/m1/s1. The Morgan fingerprint density at radius 2 is 1.86 bits per heavy atom. The molecule has 4 nitrogen and oxygen atoms in total. The third-order valence-corrected chi connectivity index (χ3v) is 6.49. The molecule has 1 aliphatic heterocycles. The molecule has 1 aliphatic carbocycles. The lowest BCUT2D eigenvalue weighted by Crippen LogP contribution is -2.32. The monoisotopic (exact) mass is 385 g/mol. The minimum Gasteiger partial charge on any atom is -0.493 e. The molecule has 1 heterocycles. The summed E-state index contributed by atoms with van der Waals surface area (Å²) in [4.78, 5) is 2.43. The Morgan fingerprint density at radius 1 is 1.07 bits per heavy atom. The number of ether oxygens (including phenoxy) is 3. The van der Waals surface area contributed by atoms with Crippen molar-refractivity contribution in [1.82, 2.24) is 4.90 Å². The molecule has 1 saturated heterocycles. The van der Waals surface area contributed by atoms with E-state index < -0.39 is 0 Å². The van der Waals surface area contributed by atoms with E-state index in [0.717, 1.165) is 42.9 Å². The molecule has 3 atom stereocenters. The van der Waals surface area contributed by atoms with Crippen LogP contribution in [0.15, 0.2) is 30.3 Å². The van der Waals surface area contributed by atoms with Crippen molar-refractivity contribution in [3.8, 4) is 17.2 Å². The van der Waals surface area contributed by atoms with Gasteiger partial charge in [0.2, 0.25) is 5.75 Å². The molecule has 1 fully saturated rings. The van der Waals surface area contributed by atoms with Gasteiger partial charge in [-0.25, -0.2) is 4.39 Å². The Balaban J connectivity index is 1.69. The Bertz CT molecular complexity index is 869. The first-order valence-electron chi connectivity index (χ1n) is 9.83. The van der Waals surface area contributed by atoms with Crippen LogP contribution in [0, 0.1) is 11.7 Å². The molecule has 150 valence electrons. The number of fused-ring (bicyclic) bond motifs is 3. The Kier molecular flexibility index (Phi) is 5.19. The van der Waals surface area contributed by atoms with Crippen LogP contribution in [-0.4, -0.2) is 45.9 Å². The summed E-state index contributed by atoms with van der Waals surface area (Å²) in [5.41, 5.74) is 3.61. The number of hydrogen-bond donors (Lipinski definition) is 0. The number of hydrogen-bond acceptors (Lipinski definition) is 4. The van der Waals surface area contributed by atoms with Crippen LogP contribution in [0.2, 0.25) is 0 Å². The van der Waals surface area contributed by atoms with E-state index in [1.54, 1.807) is 33.5 Å². The normalized spacial score (nSPS) is 23.8. The fraction of sp³-hybridized carbons (Fsp3) is 0.478. The molecular formula is C23H28FNO3. The lowest BCUT2D eigenvalue weighted by Gasteiger charge is -2.33. The van der Waals surface area contributed by atoms with Crippen LogP contribution in [-0.2, 0) is 12.8 Å². The smallest absolute Gasteiger partial charge is 0.203 e. The van der Waals surface area contributed by atoms with Crippen LogP contribution in [0.25, 0.3) is 0 Å². The fourth-order valence-electron chi connectivity index (χ4n) is 5.25. The van der Waals surface area contributed by atoms with Crippen LogP contribution in [0.1, 0.15) is 29.0 Å². The summed E-state index contributed by atoms with van der Waals surface area (Å²) in [6.07, 6.45) is 2.91. The van der Waals surface area contributed by atoms with E-state index in [9.17, 15) is 4.39 Å². The molecule has 0 aromatic heterocycles. The summed E-state index contributed by atoms with van der Waals surface area (Å²) >= 11 is 0. The van der Waals surface area contributed by atoms with E-state index in [2.05, 4.69) is 18.0 Å². The second kappa shape index (κ2) is 7.63. The summed E-state index contributed by atoms with van der Waals surface area (Å²) in [5, 5.41) is 0. The molecule has 0 radical (unpaired) electrons. The van der Waals surface area contributed by atoms with Crippen LogP contribution in [0.3, 0.4) is 0 Å². The zero-order chi connectivity index (χ0) is 19.8. The van der Waals surface area contributed by atoms with Crippen molar-refractivity contribution in [1.29, 1.82) is 0 Å². The topological polar surface area (TPSA) is 30.9 Å². The molecule has 0 amide bonds. The summed E-state index contributed by atoms with van der Waals surface area (Å²) in [6, 6.07) is 9.53. The Labute approximate surface area is 166 Å². The molecule has 2 aliphatic rings. The highest BCUT2D eigenvalue weighted by Gasteiger charge is 2.44. The van der Waals surface area contributed by atoms with Crippen molar-refractivity contribution in [2.24, 2.45) is 5.92 Å². The van der Waals surface area contributed by atoms with Gasteiger partial charge in [-0.2, -0.15) is 0 Å². The molecule has 2 aromatic rings. The number of likely N-dealkylation sites (tertiary alicyclic amines) is 1. The lowest BCUT2D eigenvalue weighted by molar-refractivity contribution is 0.257. The van der Waals surface area contributed by atoms with E-state index >= 15 is 0 Å². The fourth-order valence-corrected chi connectivity index (χ4v) is 5.25. The first kappa shape index (κ1) is 19.1. The molecule has 0 N–H and O–H groups in total. The molecule has 5 heteroatoms. The minimum atomic E-state index is -0.162. The maximum atomic E-state index is 13.7. The van der Waals surface area contributed by atoms with Crippen LogP contribution in [0.5, 0.6) is 17.2 Å². The highest BCUT2D eigenvalue weighted by atomic mass is 19.1. The van der Waals surface area contributed by atoms with Crippen molar-refractivity contribution in [3.05, 3.63) is 52.8 Å². The van der Waals surface area contributed by atoms with Crippen LogP contribution < -0.4 is 14.2 Å². The second-order valence-electron chi connectivity index (χ2n) is 7.86. The summed E-state index contributed by atoms with van der Waals surface area (Å²) < 4.78 is 30.5. The van der Waals surface area contributed by atoms with Crippen molar-refractivity contribution in [2.75, 3.05) is 34.9 Å². The van der Waals surface area contributed by atoms with Gasteiger partial charge in [0.25, 0.3) is 0 Å². The number of likely N-dealkylation sites (N-methyl/N-ethyl adjacent to an activating group) is 1. The maximum absolute atomic E-state index is 13.7. The lowest BCUT2D eigenvalue weighted by atomic mass is 9.73. The molecule has 4 rings (SSSR count). The molecule has 28 heavy (non-hydrogen) atoms. The van der Waals surface area contributed by atoms with E-state index in [-0.39, 0.29) is 5.82 Å². The van der Waals surface area contributed by atoms with Crippen molar-refractivity contribution >= 4 is 0 Å². The molecular weight excluding hydrogens is 357 g/mol. The van der Waals surface area contributed by atoms with Gasteiger partial charge in [0, 0.05) is 24.1 Å². The maximum Gasteiger partial charge on any atom is 0.203 e. The molecule has 0 saturated carbocycles. The molecule has 0 bridgehead atoms. The third kappa shape index (κ3) is 3.12. The van der Waals surface area contributed by atoms with Gasteiger partial charge >= 0.3 is 0 Å². The number of methoxy groups -OCH3 is 3. The van der Waals surface area contributed by atoms with Gasteiger partial charge in [0.1, 0.15) is 5.82 Å². The highest BCUT2D eigenvalue weighted by molar-refractivity contribution is 5.61. The van der Waals surface area contributed by atoms with Gasteiger partial charge in [0.15, 0.2) is 11.5 Å². The first-order valence-corrected chi connectivity index (χ1v) is 9.83. The number of nitrogens with zero attached hydrogens (tertiary/aromatic N) is 1. The van der Waals surface area contributed by atoms with Crippen LogP contribution >= 0.6 is 0 Å². The van der Waals surface area contributed by atoms with Crippen molar-refractivity contribution in [2.45, 2.75) is 31.2 Å². The summed E-state index contributed by atoms with van der Waals surface area (Å²) in [6.45, 7) is 0.982. The number of benzene rings is 2. The zero-order valence-electron chi connectivity index (χ0n) is 17.0. The number of rotatable bonds is 5. The van der Waals surface area contributed by atoms with Crippen molar-refractivity contribution in [3.63, 3.8) is 0 Å². The molecule has 2 aromatic carbocycles. The average molecular weight is 385 g/mol. The quantitative estimate of drug-likeness (QED) is 0.777. The zero-order valence-corrected chi connectivity index (χ0v) is 17.0. The molecule has 1 unspecified atom stereocenters. The van der Waals surface area contributed by atoms with Crippen molar-refractivity contribution < 1.29 is 18.6 Å². The first-order chi connectivity index (χ1) is 13.6. The van der Waals surface area contributed by atoms with Gasteiger partial charge in [-0.15, -0.1) is 0 Å². The third-order valence-electron chi connectivity index (χ3n) is 6.49. The average Bonchev–Trinajstić information content (AvgIpc) is 3.02. The largest absolute Gasteiger partial charge is 0.493 e. The second-order valence-corrected chi connectivity index (χ2v) is 7.86.